The highest BCUT2D eigenvalue weighted by Crippen LogP contribution is 2.57. The summed E-state index contributed by atoms with van der Waals surface area (Å²) in [6.45, 7) is 1.96. The molecule has 2 aromatic carbocycles. The summed E-state index contributed by atoms with van der Waals surface area (Å²) < 4.78 is 94.5. The zero-order chi connectivity index (χ0) is 32.2. The molecule has 1 saturated heterocycles. The van der Waals surface area contributed by atoms with Crippen molar-refractivity contribution in [1.82, 2.24) is 5.32 Å². The Labute approximate surface area is 260 Å². The van der Waals surface area contributed by atoms with Crippen LogP contribution in [-0.2, 0) is 17.8 Å². The van der Waals surface area contributed by atoms with Crippen LogP contribution in [0.5, 0.6) is 0 Å². The average molecular weight is 667 g/mol. The van der Waals surface area contributed by atoms with Crippen LogP contribution < -0.4 is 20.4 Å². The summed E-state index contributed by atoms with van der Waals surface area (Å²) >= 11 is 12.9. The second-order valence-electron chi connectivity index (χ2n) is 11.7. The Kier molecular flexibility index (Phi) is 8.74. The van der Waals surface area contributed by atoms with Gasteiger partial charge in [-0.2, -0.15) is 26.3 Å². The topological polar surface area (TPSA) is 47.6 Å². The van der Waals surface area contributed by atoms with Crippen LogP contribution in [0.1, 0.15) is 50.2 Å². The van der Waals surface area contributed by atoms with Crippen LogP contribution in [0, 0.1) is 17.2 Å². The van der Waals surface area contributed by atoms with Crippen molar-refractivity contribution in [3.8, 4) is 0 Å². The van der Waals surface area contributed by atoms with Crippen LogP contribution in [-0.4, -0.2) is 38.4 Å². The normalized spacial score (nSPS) is 19.1. The minimum atomic E-state index is -4.66. The molecule has 0 unspecified atom stereocenters. The number of benzene rings is 2. The van der Waals surface area contributed by atoms with Gasteiger partial charge in [-0.25, -0.2) is 4.39 Å². The molecule has 2 N–H and O–H groups in total. The predicted octanol–water partition coefficient (Wildman–Crippen LogP) is 8.60. The van der Waals surface area contributed by atoms with Gasteiger partial charge >= 0.3 is 12.4 Å². The summed E-state index contributed by atoms with van der Waals surface area (Å²) in [7, 11) is 1.78. The lowest BCUT2D eigenvalue weighted by atomic mass is 9.95. The number of allylic oxidation sites excluding steroid dienone is 1. The SMILES string of the molecule is CC1=C(Nc2cc(CNC(=O)C3(C(F)(F)F)CC3)cc(F)c2Cl)N(C)c2cc(N3CCC(C(F)(F)F)CC3)c(Cl)cc2CC1. The fourth-order valence-corrected chi connectivity index (χ4v) is 6.38. The Morgan fingerprint density at radius 1 is 1.00 bits per heavy atom. The number of hydrogen-bond donors (Lipinski definition) is 2. The Morgan fingerprint density at radius 3 is 2.25 bits per heavy atom. The first kappa shape index (κ1) is 32.5. The van der Waals surface area contributed by atoms with E-state index in [-0.39, 0.29) is 61.6 Å². The first-order valence-electron chi connectivity index (χ1n) is 14.2. The highest BCUT2D eigenvalue weighted by atomic mass is 35.5. The van der Waals surface area contributed by atoms with Gasteiger partial charge in [0.2, 0.25) is 5.91 Å². The summed E-state index contributed by atoms with van der Waals surface area (Å²) in [5.74, 6) is -2.74. The number of amides is 1. The molecule has 0 atom stereocenters. The van der Waals surface area contributed by atoms with Crippen molar-refractivity contribution in [2.24, 2.45) is 11.3 Å². The van der Waals surface area contributed by atoms with Crippen LogP contribution in [0.4, 0.5) is 47.8 Å². The van der Waals surface area contributed by atoms with E-state index in [1.807, 2.05) is 28.9 Å². The van der Waals surface area contributed by atoms with Crippen molar-refractivity contribution in [3.05, 3.63) is 62.6 Å². The zero-order valence-electron chi connectivity index (χ0n) is 24.0. The fourth-order valence-electron chi connectivity index (χ4n) is 5.91. The molecule has 0 bridgehead atoms. The van der Waals surface area contributed by atoms with Crippen molar-refractivity contribution >= 4 is 46.2 Å². The quantitative estimate of drug-likeness (QED) is 0.303. The van der Waals surface area contributed by atoms with Crippen LogP contribution >= 0.6 is 23.2 Å². The van der Waals surface area contributed by atoms with E-state index in [4.69, 9.17) is 23.2 Å². The molecule has 0 radical (unpaired) electrons. The summed E-state index contributed by atoms with van der Waals surface area (Å²) in [5.41, 5.74) is 1.15. The second kappa shape index (κ2) is 11.8. The van der Waals surface area contributed by atoms with Crippen molar-refractivity contribution in [2.75, 3.05) is 35.3 Å². The molecule has 0 aromatic heterocycles. The number of nitrogens with one attached hydrogen (secondary N) is 2. The number of hydrogen-bond acceptors (Lipinski definition) is 4. The third kappa shape index (κ3) is 6.29. The van der Waals surface area contributed by atoms with Crippen LogP contribution in [0.2, 0.25) is 10.0 Å². The van der Waals surface area contributed by atoms with E-state index >= 15 is 0 Å². The van der Waals surface area contributed by atoms with E-state index in [1.54, 1.807) is 7.05 Å². The first-order valence-corrected chi connectivity index (χ1v) is 14.9. The monoisotopic (exact) mass is 666 g/mol. The maximum absolute atomic E-state index is 14.9. The third-order valence-electron chi connectivity index (χ3n) is 8.84. The fraction of sp³-hybridized carbons (Fsp3) is 0.500. The minimum Gasteiger partial charge on any atom is -0.370 e. The number of nitrogens with zero attached hydrogens (tertiary/aromatic N) is 2. The smallest absolute Gasteiger partial charge is 0.370 e. The van der Waals surface area contributed by atoms with Gasteiger partial charge < -0.3 is 20.4 Å². The molecule has 240 valence electrons. The molecule has 1 saturated carbocycles. The lowest BCUT2D eigenvalue weighted by molar-refractivity contribution is -0.192. The van der Waals surface area contributed by atoms with Crippen LogP contribution in [0.3, 0.4) is 0 Å². The van der Waals surface area contributed by atoms with Gasteiger partial charge in [-0.15, -0.1) is 0 Å². The van der Waals surface area contributed by atoms with Crippen molar-refractivity contribution in [3.63, 3.8) is 0 Å². The average Bonchev–Trinajstić information content (AvgIpc) is 3.78. The number of carbonyl (C=O) groups excluding carboxylic acids is 1. The first-order chi connectivity index (χ1) is 20.5. The van der Waals surface area contributed by atoms with Crippen LogP contribution in [0.25, 0.3) is 0 Å². The highest BCUT2D eigenvalue weighted by Gasteiger charge is 2.68. The van der Waals surface area contributed by atoms with E-state index in [0.717, 1.165) is 22.9 Å². The van der Waals surface area contributed by atoms with Crippen LogP contribution in [0.15, 0.2) is 35.7 Å². The molecule has 14 heteroatoms. The van der Waals surface area contributed by atoms with Gasteiger partial charge in [-0.3, -0.25) is 4.79 Å². The zero-order valence-corrected chi connectivity index (χ0v) is 25.5. The van der Waals surface area contributed by atoms with Gasteiger partial charge in [0.15, 0.2) is 0 Å². The largest absolute Gasteiger partial charge is 0.403 e. The summed E-state index contributed by atoms with van der Waals surface area (Å²) in [4.78, 5) is 16.0. The maximum Gasteiger partial charge on any atom is 0.403 e. The predicted molar refractivity (Wildman–Crippen MR) is 156 cm³/mol. The van der Waals surface area contributed by atoms with Gasteiger partial charge in [0.05, 0.1) is 27.3 Å². The van der Waals surface area contributed by atoms with E-state index in [1.165, 1.54) is 6.07 Å². The van der Waals surface area contributed by atoms with Gasteiger partial charge in [-0.1, -0.05) is 23.2 Å². The molecule has 2 aromatic rings. The minimum absolute atomic E-state index is 0.0311. The van der Waals surface area contributed by atoms with E-state index in [0.29, 0.717) is 29.4 Å². The number of rotatable bonds is 6. The Morgan fingerprint density at radius 2 is 1.66 bits per heavy atom. The lowest BCUT2D eigenvalue weighted by Crippen LogP contribution is -2.40. The van der Waals surface area contributed by atoms with Crippen molar-refractivity contribution in [1.29, 1.82) is 0 Å². The van der Waals surface area contributed by atoms with Crippen molar-refractivity contribution < 1.29 is 35.5 Å². The Hall–Kier alpha value is -2.86. The molecule has 1 amide bonds. The number of halogens is 9. The molecule has 0 spiro atoms. The Bertz CT molecular complexity index is 1480. The summed E-state index contributed by atoms with van der Waals surface area (Å²) in [6, 6.07) is 6.19. The number of piperidine rings is 1. The number of anilines is 3. The van der Waals surface area contributed by atoms with Gasteiger partial charge in [0.1, 0.15) is 17.1 Å². The lowest BCUT2D eigenvalue weighted by Gasteiger charge is -2.36. The molecular formula is C30H31Cl2F7N4O. The molecule has 5 rings (SSSR count). The molecule has 1 aliphatic carbocycles. The molecule has 5 nitrogen and oxygen atoms in total. The number of carbonyl (C=O) groups is 1. The number of alkyl halides is 6. The Balaban J connectivity index is 1.37. The van der Waals surface area contributed by atoms with E-state index < -0.39 is 35.4 Å². The van der Waals surface area contributed by atoms with Gasteiger partial charge in [0.25, 0.3) is 0 Å². The standard InChI is InChI=1S/C30H31Cl2F7N4O/c1-16-3-4-18-13-20(31)24(43-9-5-19(6-10-43)29(34,35)36)14-23(18)42(2)26(16)41-22-12-17(11-21(33)25(22)32)15-40-27(44)28(7-8-28)30(37,38)39/h11-14,19,41H,3-10,15H2,1-2H3,(H,40,44). The second-order valence-corrected chi connectivity index (χ2v) is 12.5. The van der Waals surface area contributed by atoms with E-state index in [2.05, 4.69) is 10.6 Å². The summed E-state index contributed by atoms with van der Waals surface area (Å²) in [5, 5.41) is 5.65. The molecule has 2 fully saturated rings. The molecule has 2 aliphatic heterocycles. The molecule has 2 heterocycles. The highest BCUT2D eigenvalue weighted by molar-refractivity contribution is 6.34. The molecule has 44 heavy (non-hydrogen) atoms. The summed E-state index contributed by atoms with van der Waals surface area (Å²) in [6.07, 6.45) is -8.33. The number of fused-ring (bicyclic) bond motifs is 1. The van der Waals surface area contributed by atoms with Crippen molar-refractivity contribution in [2.45, 2.75) is 64.3 Å². The van der Waals surface area contributed by atoms with Gasteiger partial charge in [-0.05, 0) is 86.4 Å². The maximum atomic E-state index is 14.9. The molecular weight excluding hydrogens is 636 g/mol. The number of aryl methyl sites for hydroxylation is 1. The third-order valence-corrected chi connectivity index (χ3v) is 9.53. The van der Waals surface area contributed by atoms with Gasteiger partial charge in [0, 0.05) is 32.4 Å². The van der Waals surface area contributed by atoms with E-state index in [9.17, 15) is 35.5 Å². The molecule has 3 aliphatic rings.